The fourth-order valence-electron chi connectivity index (χ4n) is 2.29. The largest absolute Gasteiger partial charge is 0.494 e. The van der Waals surface area contributed by atoms with E-state index in [1.165, 1.54) is 0 Å². The van der Waals surface area contributed by atoms with E-state index in [0.29, 0.717) is 31.2 Å². The van der Waals surface area contributed by atoms with Gasteiger partial charge in [0.2, 0.25) is 17.6 Å². The topological polar surface area (TPSA) is 68.5 Å². The van der Waals surface area contributed by atoms with Crippen LogP contribution in [0.4, 0.5) is 0 Å². The molecule has 1 amide bonds. The molecule has 2 aromatic rings. The number of carbonyl (C=O) groups is 1. The van der Waals surface area contributed by atoms with E-state index in [4.69, 9.17) is 9.26 Å². The highest BCUT2D eigenvalue weighted by molar-refractivity contribution is 5.76. The lowest BCUT2D eigenvalue weighted by molar-refractivity contribution is -0.130. The van der Waals surface area contributed by atoms with Gasteiger partial charge in [-0.2, -0.15) is 4.98 Å². The first-order valence-electron chi connectivity index (χ1n) is 8.01. The van der Waals surface area contributed by atoms with Gasteiger partial charge in [0.05, 0.1) is 6.61 Å². The van der Waals surface area contributed by atoms with Crippen LogP contribution in [0.25, 0.3) is 11.4 Å². The van der Waals surface area contributed by atoms with Crippen LogP contribution in [0.5, 0.6) is 5.75 Å². The quantitative estimate of drug-likeness (QED) is 0.749. The zero-order chi connectivity index (χ0) is 16.7. The molecule has 6 nitrogen and oxygen atoms in total. The van der Waals surface area contributed by atoms with Crippen molar-refractivity contribution in [3.63, 3.8) is 0 Å². The van der Waals surface area contributed by atoms with Crippen molar-refractivity contribution in [1.29, 1.82) is 0 Å². The average Bonchev–Trinajstić information content (AvgIpc) is 3.04. The molecule has 1 aromatic carbocycles. The summed E-state index contributed by atoms with van der Waals surface area (Å²) in [4.78, 5) is 18.1. The van der Waals surface area contributed by atoms with Crippen molar-refractivity contribution in [3.8, 4) is 17.1 Å². The second-order valence-electron chi connectivity index (χ2n) is 5.04. The number of aromatic nitrogens is 2. The minimum atomic E-state index is 0.107. The molecule has 0 bridgehead atoms. The van der Waals surface area contributed by atoms with Crippen LogP contribution in [0.1, 0.15) is 33.1 Å². The second-order valence-corrected chi connectivity index (χ2v) is 5.04. The molecule has 0 aliphatic carbocycles. The van der Waals surface area contributed by atoms with Gasteiger partial charge in [0, 0.05) is 31.5 Å². The molecule has 6 heteroatoms. The highest BCUT2D eigenvalue weighted by atomic mass is 16.5. The Hall–Kier alpha value is -2.37. The number of benzene rings is 1. The van der Waals surface area contributed by atoms with Crippen LogP contribution < -0.4 is 4.74 Å². The molecule has 23 heavy (non-hydrogen) atoms. The van der Waals surface area contributed by atoms with Crippen molar-refractivity contribution in [1.82, 2.24) is 15.0 Å². The van der Waals surface area contributed by atoms with Gasteiger partial charge >= 0.3 is 0 Å². The lowest BCUT2D eigenvalue weighted by Gasteiger charge is -2.17. The molecule has 0 saturated heterocycles. The lowest BCUT2D eigenvalue weighted by atomic mass is 10.2. The summed E-state index contributed by atoms with van der Waals surface area (Å²) in [7, 11) is 0. The van der Waals surface area contributed by atoms with Gasteiger partial charge in [-0.05, 0) is 45.0 Å². The van der Waals surface area contributed by atoms with Crippen LogP contribution in [0, 0.1) is 0 Å². The Morgan fingerprint density at radius 3 is 2.48 bits per heavy atom. The standard InChI is InChI=1S/C17H23N3O3/c1-4-20(5-2)16(21)12-11-15-18-17(19-23-15)13-7-9-14(10-8-13)22-6-3/h7-10H,4-6,11-12H2,1-3H3. The number of rotatable bonds is 8. The molecule has 0 fully saturated rings. The molecule has 0 radical (unpaired) electrons. The second kappa shape index (κ2) is 8.31. The van der Waals surface area contributed by atoms with Crippen molar-refractivity contribution >= 4 is 5.91 Å². The van der Waals surface area contributed by atoms with E-state index in [9.17, 15) is 4.79 Å². The molecule has 1 heterocycles. The Kier molecular flexibility index (Phi) is 6.14. The molecule has 0 aliphatic rings. The van der Waals surface area contributed by atoms with Gasteiger partial charge in [-0.25, -0.2) is 0 Å². The number of amides is 1. The number of ether oxygens (including phenoxy) is 1. The van der Waals surface area contributed by atoms with Crippen molar-refractivity contribution < 1.29 is 14.1 Å². The first-order chi connectivity index (χ1) is 11.2. The van der Waals surface area contributed by atoms with E-state index in [0.717, 1.165) is 24.4 Å². The minimum absolute atomic E-state index is 0.107. The molecule has 0 spiro atoms. The summed E-state index contributed by atoms with van der Waals surface area (Å²) >= 11 is 0. The van der Waals surface area contributed by atoms with E-state index in [1.807, 2.05) is 45.0 Å². The molecule has 0 atom stereocenters. The van der Waals surface area contributed by atoms with Gasteiger partial charge in [0.15, 0.2) is 0 Å². The fourth-order valence-corrected chi connectivity index (χ4v) is 2.29. The first kappa shape index (κ1) is 17.0. The Bertz CT molecular complexity index is 618. The van der Waals surface area contributed by atoms with Crippen LogP contribution in [0.3, 0.4) is 0 Å². The maximum atomic E-state index is 12.0. The van der Waals surface area contributed by atoms with Crippen molar-refractivity contribution in [2.45, 2.75) is 33.6 Å². The summed E-state index contributed by atoms with van der Waals surface area (Å²) in [6.07, 6.45) is 0.839. The van der Waals surface area contributed by atoms with E-state index in [1.54, 1.807) is 4.90 Å². The molecule has 1 aromatic heterocycles. The third-order valence-corrected chi connectivity index (χ3v) is 3.56. The third-order valence-electron chi connectivity index (χ3n) is 3.56. The Balaban J connectivity index is 1.96. The van der Waals surface area contributed by atoms with Crippen molar-refractivity contribution in [3.05, 3.63) is 30.2 Å². The lowest BCUT2D eigenvalue weighted by Crippen LogP contribution is -2.30. The van der Waals surface area contributed by atoms with Crippen molar-refractivity contribution in [2.75, 3.05) is 19.7 Å². The maximum Gasteiger partial charge on any atom is 0.227 e. The van der Waals surface area contributed by atoms with Gasteiger partial charge in [-0.1, -0.05) is 5.16 Å². The first-order valence-corrected chi connectivity index (χ1v) is 8.01. The van der Waals surface area contributed by atoms with Gasteiger partial charge in [-0.3, -0.25) is 4.79 Å². The summed E-state index contributed by atoms with van der Waals surface area (Å²) in [5.74, 6) is 1.92. The van der Waals surface area contributed by atoms with Gasteiger partial charge in [-0.15, -0.1) is 0 Å². The van der Waals surface area contributed by atoms with Gasteiger partial charge < -0.3 is 14.2 Å². The van der Waals surface area contributed by atoms with Crippen molar-refractivity contribution in [2.24, 2.45) is 0 Å². The van der Waals surface area contributed by atoms with Crippen LogP contribution in [0.2, 0.25) is 0 Å². The molecule has 2 rings (SSSR count). The molecule has 0 aliphatic heterocycles. The number of hydrogen-bond donors (Lipinski definition) is 0. The zero-order valence-corrected chi connectivity index (χ0v) is 13.9. The Labute approximate surface area is 136 Å². The third kappa shape index (κ3) is 4.55. The Morgan fingerprint density at radius 2 is 1.87 bits per heavy atom. The summed E-state index contributed by atoms with van der Waals surface area (Å²) in [5, 5.41) is 3.97. The zero-order valence-electron chi connectivity index (χ0n) is 13.9. The summed E-state index contributed by atoms with van der Waals surface area (Å²) in [6, 6.07) is 7.53. The van der Waals surface area contributed by atoms with Crippen LogP contribution in [-0.2, 0) is 11.2 Å². The predicted octanol–water partition coefficient (Wildman–Crippen LogP) is 2.94. The summed E-state index contributed by atoms with van der Waals surface area (Å²) in [6.45, 7) is 7.95. The predicted molar refractivity (Wildman–Crippen MR) is 87.2 cm³/mol. The van der Waals surface area contributed by atoms with Gasteiger partial charge in [0.1, 0.15) is 5.75 Å². The average molecular weight is 317 g/mol. The summed E-state index contributed by atoms with van der Waals surface area (Å²) < 4.78 is 10.6. The number of carbonyl (C=O) groups excluding carboxylic acids is 1. The highest BCUT2D eigenvalue weighted by Gasteiger charge is 2.13. The van der Waals surface area contributed by atoms with E-state index < -0.39 is 0 Å². The summed E-state index contributed by atoms with van der Waals surface area (Å²) in [5.41, 5.74) is 0.860. The number of nitrogens with zero attached hydrogens (tertiary/aromatic N) is 3. The van der Waals surface area contributed by atoms with E-state index >= 15 is 0 Å². The van der Waals surface area contributed by atoms with Crippen LogP contribution in [-0.4, -0.2) is 40.6 Å². The van der Waals surface area contributed by atoms with Gasteiger partial charge in [0.25, 0.3) is 0 Å². The van der Waals surface area contributed by atoms with Crippen LogP contribution in [0.15, 0.2) is 28.8 Å². The molecular weight excluding hydrogens is 294 g/mol. The normalized spacial score (nSPS) is 10.6. The SMILES string of the molecule is CCOc1ccc(-c2noc(CCC(=O)N(CC)CC)n2)cc1. The number of hydrogen-bond acceptors (Lipinski definition) is 5. The van der Waals surface area contributed by atoms with E-state index in [-0.39, 0.29) is 5.91 Å². The smallest absolute Gasteiger partial charge is 0.227 e. The molecule has 0 saturated carbocycles. The number of aryl methyl sites for hydroxylation is 1. The Morgan fingerprint density at radius 1 is 1.17 bits per heavy atom. The van der Waals surface area contributed by atoms with Crippen LogP contribution >= 0.6 is 0 Å². The molecular formula is C17H23N3O3. The van der Waals surface area contributed by atoms with E-state index in [2.05, 4.69) is 10.1 Å². The molecule has 124 valence electrons. The highest BCUT2D eigenvalue weighted by Crippen LogP contribution is 2.20. The minimum Gasteiger partial charge on any atom is -0.494 e. The maximum absolute atomic E-state index is 12.0. The molecule has 0 N–H and O–H groups in total. The monoisotopic (exact) mass is 317 g/mol. The fraction of sp³-hybridized carbons (Fsp3) is 0.471. The molecule has 0 unspecified atom stereocenters.